The van der Waals surface area contributed by atoms with Gasteiger partial charge in [0.25, 0.3) is 0 Å². The lowest BCUT2D eigenvalue weighted by Crippen LogP contribution is -2.45. The van der Waals surface area contributed by atoms with Crippen LogP contribution in [0.15, 0.2) is 34.7 Å². The van der Waals surface area contributed by atoms with E-state index in [4.69, 9.17) is 9.52 Å². The van der Waals surface area contributed by atoms with Crippen LogP contribution < -0.4 is 0 Å². The van der Waals surface area contributed by atoms with E-state index in [1.165, 1.54) is 6.07 Å². The number of fused-ring (bicyclic) bond motifs is 1. The normalized spacial score (nSPS) is 13.3. The van der Waals surface area contributed by atoms with E-state index in [2.05, 4.69) is 0 Å². The van der Waals surface area contributed by atoms with Crippen LogP contribution in [0.5, 0.6) is 0 Å². The van der Waals surface area contributed by atoms with Crippen LogP contribution >= 0.6 is 0 Å². The lowest BCUT2D eigenvalue weighted by atomic mass is 9.74. The van der Waals surface area contributed by atoms with Crippen molar-refractivity contribution in [1.29, 1.82) is 0 Å². The lowest BCUT2D eigenvalue weighted by Gasteiger charge is -2.24. The number of furan rings is 1. The van der Waals surface area contributed by atoms with Gasteiger partial charge >= 0.3 is 11.9 Å². The molecule has 0 amide bonds. The molecule has 1 unspecified atom stereocenters. The maximum atomic E-state index is 12.8. The maximum absolute atomic E-state index is 12.8. The molecule has 2 rings (SSSR count). The Hall–Kier alpha value is -2.96. The molecule has 132 valence electrons. The van der Waals surface area contributed by atoms with E-state index in [-0.39, 0.29) is 31.4 Å². The van der Waals surface area contributed by atoms with Crippen LogP contribution in [0.2, 0.25) is 0 Å². The zero-order valence-corrected chi connectivity index (χ0v) is 13.7. The topological polar surface area (TPSA) is 122 Å². The molecule has 0 spiro atoms. The van der Waals surface area contributed by atoms with Crippen molar-refractivity contribution < 1.29 is 33.8 Å². The number of carbonyl (C=O) groups is 4. The van der Waals surface area contributed by atoms with E-state index in [0.29, 0.717) is 11.0 Å². The summed E-state index contributed by atoms with van der Waals surface area (Å²) in [6, 6.07) is 8.21. The Kier molecular flexibility index (Phi) is 5.36. The number of aliphatic carboxylic acids is 2. The molecule has 2 N–H and O–H groups in total. The fraction of sp³-hybridized carbons (Fsp3) is 0.333. The van der Waals surface area contributed by atoms with Crippen molar-refractivity contribution in [2.75, 3.05) is 0 Å². The summed E-state index contributed by atoms with van der Waals surface area (Å²) in [5, 5.41) is 18.9. The van der Waals surface area contributed by atoms with E-state index in [1.54, 1.807) is 24.3 Å². The second-order valence-electron chi connectivity index (χ2n) is 5.85. The number of carboxylic acids is 2. The molecule has 0 radical (unpaired) electrons. The SMILES string of the molecule is CC(=O)C(CCCCC(=O)O)(C(=O)O)C(=O)c1cc2ccccc2o1. The van der Waals surface area contributed by atoms with Gasteiger partial charge in [-0.3, -0.25) is 19.2 Å². The molecule has 0 aliphatic rings. The number of unbranched alkanes of at least 4 members (excludes halogenated alkanes) is 1. The van der Waals surface area contributed by atoms with Gasteiger partial charge in [-0.1, -0.05) is 24.6 Å². The third-order valence-electron chi connectivity index (χ3n) is 4.20. The Morgan fingerprint density at radius 3 is 2.32 bits per heavy atom. The number of carbonyl (C=O) groups excluding carboxylic acids is 2. The Morgan fingerprint density at radius 2 is 1.76 bits per heavy atom. The molecular weight excluding hydrogens is 328 g/mol. The van der Waals surface area contributed by atoms with Gasteiger partial charge in [0, 0.05) is 11.8 Å². The molecule has 0 fully saturated rings. The molecule has 1 aromatic carbocycles. The fourth-order valence-corrected chi connectivity index (χ4v) is 2.77. The number of rotatable bonds is 9. The largest absolute Gasteiger partial charge is 0.481 e. The molecule has 0 saturated heterocycles. The summed E-state index contributed by atoms with van der Waals surface area (Å²) in [5.41, 5.74) is -1.86. The van der Waals surface area contributed by atoms with E-state index in [1.807, 2.05) is 0 Å². The first kappa shape index (κ1) is 18.4. The molecule has 7 heteroatoms. The van der Waals surface area contributed by atoms with Gasteiger partial charge in [0.1, 0.15) is 5.58 Å². The summed E-state index contributed by atoms with van der Waals surface area (Å²) in [4.78, 5) is 47.3. The molecule has 0 bridgehead atoms. The van der Waals surface area contributed by atoms with Gasteiger partial charge in [-0.15, -0.1) is 0 Å². The lowest BCUT2D eigenvalue weighted by molar-refractivity contribution is -0.151. The van der Waals surface area contributed by atoms with Gasteiger partial charge in [0.2, 0.25) is 5.78 Å². The van der Waals surface area contributed by atoms with Gasteiger partial charge in [-0.25, -0.2) is 0 Å². The fourth-order valence-electron chi connectivity index (χ4n) is 2.77. The second-order valence-corrected chi connectivity index (χ2v) is 5.85. The Bertz CT molecular complexity index is 784. The van der Waals surface area contributed by atoms with E-state index < -0.39 is 28.9 Å². The zero-order chi connectivity index (χ0) is 18.6. The molecule has 0 aliphatic carbocycles. The van der Waals surface area contributed by atoms with Crippen LogP contribution in [0, 0.1) is 5.41 Å². The number of carboxylic acid groups (broad SMARTS) is 2. The molecule has 0 saturated carbocycles. The van der Waals surface area contributed by atoms with Gasteiger partial charge in [-0.05, 0) is 31.9 Å². The van der Waals surface area contributed by atoms with Crippen LogP contribution in [-0.4, -0.2) is 33.7 Å². The standard InChI is InChI=1S/C18H18O7/c1-11(19)18(17(23)24,9-5-4-8-15(20)21)16(22)14-10-12-6-2-3-7-13(12)25-14/h2-3,6-7,10H,4-5,8-9H2,1H3,(H,20,21)(H,23,24). The first-order valence-corrected chi connectivity index (χ1v) is 7.78. The number of hydrogen-bond acceptors (Lipinski definition) is 5. The summed E-state index contributed by atoms with van der Waals surface area (Å²) in [6.45, 7) is 1.05. The highest BCUT2D eigenvalue weighted by molar-refractivity contribution is 6.26. The predicted octanol–water partition coefficient (Wildman–Crippen LogP) is 2.92. The average molecular weight is 346 g/mol. The van der Waals surface area contributed by atoms with Crippen LogP contribution in [0.1, 0.15) is 43.2 Å². The number of hydrogen-bond donors (Lipinski definition) is 2. The van der Waals surface area contributed by atoms with Gasteiger partial charge < -0.3 is 14.6 Å². The smallest absolute Gasteiger partial charge is 0.325 e. The summed E-state index contributed by atoms with van der Waals surface area (Å²) >= 11 is 0. The summed E-state index contributed by atoms with van der Waals surface area (Å²) in [6.07, 6.45) is -0.150. The molecule has 7 nitrogen and oxygen atoms in total. The van der Waals surface area contributed by atoms with Crippen LogP contribution in [0.3, 0.4) is 0 Å². The Morgan fingerprint density at radius 1 is 1.08 bits per heavy atom. The molecule has 25 heavy (non-hydrogen) atoms. The second kappa shape index (κ2) is 7.29. The van der Waals surface area contributed by atoms with Crippen molar-refractivity contribution in [2.45, 2.75) is 32.6 Å². The molecule has 1 aromatic heterocycles. The van der Waals surface area contributed by atoms with E-state index in [0.717, 1.165) is 6.92 Å². The molecule has 1 atom stereocenters. The Balaban J connectivity index is 2.36. The molecule has 0 aliphatic heterocycles. The minimum absolute atomic E-state index is 0.115. The summed E-state index contributed by atoms with van der Waals surface area (Å²) in [7, 11) is 0. The van der Waals surface area contributed by atoms with Crippen molar-refractivity contribution in [3.63, 3.8) is 0 Å². The van der Waals surface area contributed by atoms with Crippen molar-refractivity contribution in [2.24, 2.45) is 5.41 Å². The maximum Gasteiger partial charge on any atom is 0.325 e. The van der Waals surface area contributed by atoms with Crippen molar-refractivity contribution in [1.82, 2.24) is 0 Å². The third-order valence-corrected chi connectivity index (χ3v) is 4.20. The van der Waals surface area contributed by atoms with Gasteiger partial charge in [-0.2, -0.15) is 0 Å². The number of ketones is 2. The van der Waals surface area contributed by atoms with Crippen molar-refractivity contribution >= 4 is 34.5 Å². The van der Waals surface area contributed by atoms with Crippen LogP contribution in [0.25, 0.3) is 11.0 Å². The number of Topliss-reactive ketones (excluding diaryl/α,β-unsaturated/α-hetero) is 2. The number of benzene rings is 1. The van der Waals surface area contributed by atoms with Crippen LogP contribution in [-0.2, 0) is 14.4 Å². The van der Waals surface area contributed by atoms with Crippen LogP contribution in [0.4, 0.5) is 0 Å². The zero-order valence-electron chi connectivity index (χ0n) is 13.7. The first-order chi connectivity index (χ1) is 11.8. The van der Waals surface area contributed by atoms with Gasteiger partial charge in [0.15, 0.2) is 17.0 Å². The minimum atomic E-state index is -2.27. The Labute approximate surface area is 143 Å². The van der Waals surface area contributed by atoms with Gasteiger partial charge in [0.05, 0.1) is 0 Å². The molecule has 1 heterocycles. The van der Waals surface area contributed by atoms with E-state index >= 15 is 0 Å². The average Bonchev–Trinajstić information content (AvgIpc) is 2.97. The van der Waals surface area contributed by atoms with Crippen molar-refractivity contribution in [3.8, 4) is 0 Å². The number of para-hydroxylation sites is 1. The van der Waals surface area contributed by atoms with Crippen molar-refractivity contribution in [3.05, 3.63) is 36.1 Å². The first-order valence-electron chi connectivity index (χ1n) is 7.78. The highest BCUT2D eigenvalue weighted by Gasteiger charge is 2.51. The third kappa shape index (κ3) is 3.60. The monoisotopic (exact) mass is 346 g/mol. The summed E-state index contributed by atoms with van der Waals surface area (Å²) in [5.74, 6) is -4.50. The summed E-state index contributed by atoms with van der Waals surface area (Å²) < 4.78 is 5.42. The highest BCUT2D eigenvalue weighted by atomic mass is 16.4. The highest BCUT2D eigenvalue weighted by Crippen LogP contribution is 2.33. The molecular formula is C18H18O7. The molecule has 2 aromatic rings. The minimum Gasteiger partial charge on any atom is -0.481 e. The quantitative estimate of drug-likeness (QED) is 0.406. The van der Waals surface area contributed by atoms with E-state index in [9.17, 15) is 24.3 Å². The predicted molar refractivity (Wildman–Crippen MR) is 87.4 cm³/mol.